The molecule has 2 heterocycles. The van der Waals surface area contributed by atoms with E-state index < -0.39 is 53.3 Å². The van der Waals surface area contributed by atoms with Crippen LogP contribution in [0.4, 0.5) is 11.5 Å². The minimum Gasteiger partial charge on any atom is -0.862 e. The molecular formula is C25H20K2N6O10S2. The molecule has 0 radical (unpaired) electrons. The van der Waals surface area contributed by atoms with Crippen molar-refractivity contribution in [2.24, 2.45) is 15.1 Å². The van der Waals surface area contributed by atoms with E-state index in [2.05, 4.69) is 20.2 Å². The fourth-order valence-corrected chi connectivity index (χ4v) is 4.70. The summed E-state index contributed by atoms with van der Waals surface area (Å²) in [6.07, 6.45) is 3.67. The molecule has 16 nitrogen and oxygen atoms in total. The van der Waals surface area contributed by atoms with Crippen molar-refractivity contribution >= 4 is 61.4 Å². The van der Waals surface area contributed by atoms with Crippen LogP contribution >= 0.6 is 0 Å². The molecule has 0 bridgehead atoms. The number of allylic oxidation sites excluding steroid dienone is 2. The summed E-state index contributed by atoms with van der Waals surface area (Å²) in [4.78, 5) is 33.0. The van der Waals surface area contributed by atoms with Crippen molar-refractivity contribution in [1.29, 1.82) is 0 Å². The molecule has 1 aliphatic rings. The van der Waals surface area contributed by atoms with Gasteiger partial charge in [0.2, 0.25) is 0 Å². The first kappa shape index (κ1) is 39.3. The number of carbonyl (C=O) groups is 1. The summed E-state index contributed by atoms with van der Waals surface area (Å²) in [5.41, 5.74) is -0.776. The van der Waals surface area contributed by atoms with Gasteiger partial charge < -0.3 is 10.2 Å². The monoisotopic (exact) mass is 706 g/mol. The molecular weight excluding hydrogens is 687 g/mol. The Kier molecular flexibility index (Phi) is 13.8. The molecule has 0 atom stereocenters. The predicted molar refractivity (Wildman–Crippen MR) is 150 cm³/mol. The van der Waals surface area contributed by atoms with Gasteiger partial charge in [0.05, 0.1) is 32.3 Å². The number of amides is 1. The molecule has 0 aliphatic carbocycles. The van der Waals surface area contributed by atoms with Gasteiger partial charge in [0, 0.05) is 0 Å². The van der Waals surface area contributed by atoms with E-state index in [0.717, 1.165) is 47.8 Å². The van der Waals surface area contributed by atoms with E-state index >= 15 is 0 Å². The Bertz CT molecular complexity index is 2040. The minimum atomic E-state index is -4.49. The number of aromatic nitrogens is 2. The number of hydrogen-bond donors (Lipinski definition) is 3. The fraction of sp³-hybridized carbons (Fsp3) is 0.0800. The number of aliphatic imine (C=N–C) groups is 2. The number of aromatic amines is 1. The van der Waals surface area contributed by atoms with Gasteiger partial charge in [0.1, 0.15) is 0 Å². The van der Waals surface area contributed by atoms with Crippen LogP contribution in [-0.4, -0.2) is 59.3 Å². The third kappa shape index (κ3) is 9.57. The summed E-state index contributed by atoms with van der Waals surface area (Å²) in [5.74, 6) is -2.53. The molecule has 0 fully saturated rings. The van der Waals surface area contributed by atoms with E-state index in [4.69, 9.17) is 0 Å². The molecule has 0 saturated carbocycles. The first-order chi connectivity index (χ1) is 20.1. The zero-order valence-corrected chi connectivity index (χ0v) is 31.9. The fourth-order valence-electron chi connectivity index (χ4n) is 3.74. The van der Waals surface area contributed by atoms with Crippen molar-refractivity contribution in [2.75, 3.05) is 5.01 Å². The molecule has 20 heteroatoms. The maximum absolute atomic E-state index is 13.2. The minimum absolute atomic E-state index is 0. The molecule has 45 heavy (non-hydrogen) atoms. The normalized spacial score (nSPS) is 15.3. The summed E-state index contributed by atoms with van der Waals surface area (Å²) in [6.45, 7) is 2.27. The van der Waals surface area contributed by atoms with E-state index in [1.807, 2.05) is 0 Å². The third-order valence-electron chi connectivity index (χ3n) is 5.60. The van der Waals surface area contributed by atoms with Gasteiger partial charge in [-0.25, -0.2) is 14.7 Å². The quantitative estimate of drug-likeness (QED) is 0.0690. The van der Waals surface area contributed by atoms with Gasteiger partial charge >= 0.3 is 103 Å². The van der Waals surface area contributed by atoms with Crippen molar-refractivity contribution in [2.45, 2.75) is 23.6 Å². The third-order valence-corrected chi connectivity index (χ3v) is 7.33. The maximum atomic E-state index is 13.2. The standard InChI is InChI=1S/C25H22N6O10S2.2K/c1-14(32)26-22-20(24(34)30(28-22)16-6-10-18(11-7-16)42(36,37)38)4-3-5-21-23(27-15(2)33)29-31(25(21)35)17-8-12-19(13-9-17)43(39,40)41;;/h3-13,28H,1-2H3,(H,26,32)(H,27,29,33)(H,36,37,38)(H,39,40,41);;/q;2*+1/p-2/b4-3+,21-5+;;. The molecule has 1 aromatic heterocycles. The van der Waals surface area contributed by atoms with Crippen LogP contribution in [0, 0.1) is 0 Å². The number of hydrogen-bond acceptors (Lipinski definition) is 11. The van der Waals surface area contributed by atoms with Gasteiger partial charge in [-0.2, -0.15) is 21.8 Å². The van der Waals surface area contributed by atoms with E-state index in [1.54, 1.807) is 0 Å². The Balaban J connectivity index is 0.00000353. The van der Waals surface area contributed by atoms with Crippen LogP contribution in [0.1, 0.15) is 19.4 Å². The molecule has 3 N–H and O–H groups in total. The number of benzene rings is 2. The molecule has 3 aromatic rings. The van der Waals surface area contributed by atoms with E-state index in [9.17, 15) is 45.7 Å². The van der Waals surface area contributed by atoms with Crippen LogP contribution in [0.15, 0.2) is 95.9 Å². The van der Waals surface area contributed by atoms with Gasteiger partial charge in [-0.15, -0.1) is 5.10 Å². The average molecular weight is 707 g/mol. The Morgan fingerprint density at radius 2 is 1.33 bits per heavy atom. The molecule has 0 saturated heterocycles. The predicted octanol–water partition coefficient (Wildman–Crippen LogP) is -5.84. The van der Waals surface area contributed by atoms with Gasteiger partial charge in [0.15, 0.2) is 11.7 Å². The molecule has 4 rings (SSSR count). The second-order valence-corrected chi connectivity index (χ2v) is 11.5. The Hall–Kier alpha value is -1.90. The number of rotatable bonds is 7. The number of H-pyrrole nitrogens is 1. The SMILES string of the molecule is CC([O-])=NC1=NN(c2ccc(S(=O)(=O)O)cc2)C(=O)/C1=C/C=C/c1c(N=C(C)[O-])[nH]n(-c2ccc(S(=O)(=O)O)cc2)c1=O.[K+].[K+]. The van der Waals surface area contributed by atoms with Crippen molar-refractivity contribution in [1.82, 2.24) is 9.78 Å². The average Bonchev–Trinajstić information content (AvgIpc) is 3.38. The molecule has 224 valence electrons. The van der Waals surface area contributed by atoms with Crippen LogP contribution < -0.4 is 124 Å². The summed E-state index contributed by atoms with van der Waals surface area (Å²) in [5, 5.41) is 30.9. The Morgan fingerprint density at radius 1 is 0.844 bits per heavy atom. The summed E-state index contributed by atoms with van der Waals surface area (Å²) in [6, 6.07) is 9.08. The number of anilines is 1. The largest absolute Gasteiger partial charge is 1.00 e. The Labute approximate surface area is 341 Å². The van der Waals surface area contributed by atoms with Crippen LogP contribution in [-0.2, 0) is 25.0 Å². The van der Waals surface area contributed by atoms with Gasteiger partial charge in [0.25, 0.3) is 31.7 Å². The molecule has 0 unspecified atom stereocenters. The number of nitrogens with one attached hydrogen (secondary N) is 1. The van der Waals surface area contributed by atoms with Gasteiger partial charge in [-0.1, -0.05) is 6.08 Å². The van der Waals surface area contributed by atoms with Crippen molar-refractivity contribution in [3.8, 4) is 5.69 Å². The number of nitrogens with zero attached hydrogens (tertiary/aromatic N) is 5. The van der Waals surface area contributed by atoms with Crippen molar-refractivity contribution in [3.05, 3.63) is 82.2 Å². The smallest absolute Gasteiger partial charge is 0.862 e. The first-order valence-electron chi connectivity index (χ1n) is 11.8. The number of carbonyl (C=O) groups excluding carboxylic acids is 1. The second-order valence-electron chi connectivity index (χ2n) is 8.69. The topological polar surface area (TPSA) is 250 Å². The summed E-state index contributed by atoms with van der Waals surface area (Å²) >= 11 is 0. The Morgan fingerprint density at radius 3 is 1.80 bits per heavy atom. The number of amidine groups is 1. The molecule has 1 aliphatic heterocycles. The summed E-state index contributed by atoms with van der Waals surface area (Å²) < 4.78 is 64.6. The van der Waals surface area contributed by atoms with Crippen LogP contribution in [0.5, 0.6) is 0 Å². The zero-order chi connectivity index (χ0) is 31.7. The summed E-state index contributed by atoms with van der Waals surface area (Å²) in [7, 11) is -8.97. The van der Waals surface area contributed by atoms with Crippen LogP contribution in [0.2, 0.25) is 0 Å². The second kappa shape index (κ2) is 15.8. The van der Waals surface area contributed by atoms with Gasteiger partial charge in [-0.3, -0.25) is 23.8 Å². The first-order valence-corrected chi connectivity index (χ1v) is 14.7. The molecule has 1 amide bonds. The maximum Gasteiger partial charge on any atom is 1.00 e. The molecule has 0 spiro atoms. The molecule has 2 aromatic carbocycles. The number of hydrazone groups is 1. The van der Waals surface area contributed by atoms with E-state index in [0.29, 0.717) is 0 Å². The van der Waals surface area contributed by atoms with Crippen molar-refractivity contribution < 1.29 is 144 Å². The van der Waals surface area contributed by atoms with Gasteiger partial charge in [-0.05, 0) is 86.3 Å². The van der Waals surface area contributed by atoms with Crippen molar-refractivity contribution in [3.63, 3.8) is 0 Å². The van der Waals surface area contributed by atoms with Crippen LogP contribution in [0.3, 0.4) is 0 Å². The van der Waals surface area contributed by atoms with E-state index in [-0.39, 0.29) is 137 Å². The van der Waals surface area contributed by atoms with E-state index in [1.165, 1.54) is 42.5 Å². The van der Waals surface area contributed by atoms with Crippen LogP contribution in [0.25, 0.3) is 11.8 Å². The zero-order valence-electron chi connectivity index (χ0n) is 24.1.